The second-order valence-corrected chi connectivity index (χ2v) is 8.73. The third-order valence-electron chi connectivity index (χ3n) is 3.56. The molecule has 0 aliphatic heterocycles. The van der Waals surface area contributed by atoms with Crippen LogP contribution in [0.3, 0.4) is 0 Å². The third-order valence-corrected chi connectivity index (χ3v) is 4.20. The molecule has 0 aromatic carbocycles. The van der Waals surface area contributed by atoms with E-state index in [1.165, 1.54) is 49.5 Å². The number of nitrogens with zero attached hydrogens (tertiary/aromatic N) is 1. The highest BCUT2D eigenvalue weighted by Crippen LogP contribution is 2.16. The Bertz CT molecular complexity index is 417. The molecule has 0 spiro atoms. The Hall–Kier alpha value is -0.620. The van der Waals surface area contributed by atoms with Crippen molar-refractivity contribution in [1.82, 2.24) is 10.2 Å². The van der Waals surface area contributed by atoms with Crippen LogP contribution in [-0.2, 0) is 9.59 Å². The molecule has 0 fully saturated rings. The van der Waals surface area contributed by atoms with Gasteiger partial charge in [0.25, 0.3) is 0 Å². The van der Waals surface area contributed by atoms with E-state index >= 15 is 0 Å². The molecule has 0 aromatic heterocycles. The molecule has 0 saturated heterocycles. The Balaban J connectivity index is 3.41. The van der Waals surface area contributed by atoms with E-state index in [1.807, 2.05) is 6.08 Å². The van der Waals surface area contributed by atoms with Gasteiger partial charge >= 0.3 is 0 Å². The Morgan fingerprint density at radius 3 is 2.00 bits per heavy atom. The molecule has 2 amide bonds. The monoisotopic (exact) mass is 464 g/mol. The van der Waals surface area contributed by atoms with E-state index in [-0.39, 0.29) is 18.4 Å². The van der Waals surface area contributed by atoms with E-state index in [1.54, 1.807) is 14.1 Å². The summed E-state index contributed by atoms with van der Waals surface area (Å²) in [6.45, 7) is 0.0541. The van der Waals surface area contributed by atoms with Gasteiger partial charge < -0.3 is 10.2 Å². The lowest BCUT2D eigenvalue weighted by Gasteiger charge is -2.09. The van der Waals surface area contributed by atoms with Crippen LogP contribution in [0.1, 0.15) is 57.8 Å². The maximum Gasteiger partial charge on any atom is 0.244 e. The lowest BCUT2D eigenvalue weighted by atomic mass is 10.1. The fourth-order valence-electron chi connectivity index (χ4n) is 2.07. The second-order valence-electron chi connectivity index (χ2n) is 5.95. The van der Waals surface area contributed by atoms with Gasteiger partial charge in [0.2, 0.25) is 11.8 Å². The Kier molecular flexibility index (Phi) is 15.5. The number of nitrogens with one attached hydrogen (secondary N) is 1. The molecule has 0 bridgehead atoms. The van der Waals surface area contributed by atoms with Crippen molar-refractivity contribution in [3.05, 3.63) is 21.6 Å². The van der Waals surface area contributed by atoms with Crippen LogP contribution in [0.15, 0.2) is 21.6 Å². The van der Waals surface area contributed by atoms with Gasteiger partial charge in [-0.2, -0.15) is 0 Å². The first-order chi connectivity index (χ1) is 11.4. The summed E-state index contributed by atoms with van der Waals surface area (Å²) in [5.74, 6) is -0.304. The van der Waals surface area contributed by atoms with Gasteiger partial charge in [0.1, 0.15) is 0 Å². The first-order valence-electron chi connectivity index (χ1n) is 8.59. The topological polar surface area (TPSA) is 49.4 Å². The van der Waals surface area contributed by atoms with Crippen LogP contribution >= 0.6 is 31.9 Å². The van der Waals surface area contributed by atoms with E-state index in [0.717, 1.165) is 22.7 Å². The summed E-state index contributed by atoms with van der Waals surface area (Å²) < 4.78 is 1.04. The Morgan fingerprint density at radius 1 is 0.917 bits per heavy atom. The summed E-state index contributed by atoms with van der Waals surface area (Å²) >= 11 is 6.72. The van der Waals surface area contributed by atoms with Crippen LogP contribution in [0.5, 0.6) is 0 Å². The number of unbranched alkanes of at least 4 members (excludes halogenated alkanes) is 8. The van der Waals surface area contributed by atoms with Crippen LogP contribution in [-0.4, -0.2) is 37.4 Å². The second kappa shape index (κ2) is 15.9. The van der Waals surface area contributed by atoms with Crippen LogP contribution in [0, 0.1) is 0 Å². The van der Waals surface area contributed by atoms with Gasteiger partial charge in [0.05, 0.1) is 9.94 Å². The summed E-state index contributed by atoms with van der Waals surface area (Å²) in [4.78, 5) is 24.3. The van der Waals surface area contributed by atoms with E-state index in [2.05, 4.69) is 43.3 Å². The van der Waals surface area contributed by atoms with Crippen molar-refractivity contribution in [3.8, 4) is 0 Å². The molecule has 24 heavy (non-hydrogen) atoms. The lowest BCUT2D eigenvalue weighted by molar-refractivity contribution is -0.129. The van der Waals surface area contributed by atoms with Crippen LogP contribution in [0.4, 0.5) is 0 Å². The zero-order valence-electron chi connectivity index (χ0n) is 14.8. The molecule has 0 rings (SSSR count). The minimum absolute atomic E-state index is 0.0541. The molecule has 0 unspecified atom stereocenters. The van der Waals surface area contributed by atoms with Crippen molar-refractivity contribution in [2.24, 2.45) is 0 Å². The number of allylic oxidation sites excluding steroid dienone is 2. The minimum Gasteiger partial charge on any atom is -0.347 e. The van der Waals surface area contributed by atoms with Gasteiger partial charge in [-0.3, -0.25) is 9.59 Å². The number of likely N-dealkylation sites (N-methyl/N-ethyl adjacent to an activating group) is 1. The van der Waals surface area contributed by atoms with Crippen molar-refractivity contribution in [3.63, 3.8) is 0 Å². The van der Waals surface area contributed by atoms with Gasteiger partial charge in [0, 0.05) is 14.1 Å². The summed E-state index contributed by atoms with van der Waals surface area (Å²) in [6, 6.07) is 0. The van der Waals surface area contributed by atoms with Crippen molar-refractivity contribution in [2.45, 2.75) is 57.8 Å². The first-order valence-corrected chi connectivity index (χ1v) is 10.2. The average Bonchev–Trinajstić information content (AvgIpc) is 2.53. The Labute approximate surface area is 163 Å². The summed E-state index contributed by atoms with van der Waals surface area (Å²) in [6.07, 6.45) is 16.3. The van der Waals surface area contributed by atoms with Crippen LogP contribution in [0.25, 0.3) is 0 Å². The zero-order valence-corrected chi connectivity index (χ0v) is 18.0. The molecular weight excluding hydrogens is 436 g/mol. The largest absolute Gasteiger partial charge is 0.347 e. The molecule has 0 aliphatic carbocycles. The molecule has 138 valence electrons. The fourth-order valence-corrected chi connectivity index (χ4v) is 2.53. The number of carbonyl (C=O) groups excluding carboxylic acids is 2. The molecule has 0 aliphatic rings. The van der Waals surface area contributed by atoms with Crippen molar-refractivity contribution >= 4 is 43.7 Å². The third kappa shape index (κ3) is 16.2. The molecule has 0 atom stereocenters. The molecule has 0 radical (unpaired) electrons. The number of halogens is 2. The summed E-state index contributed by atoms with van der Waals surface area (Å²) in [5.41, 5.74) is 0. The van der Waals surface area contributed by atoms with Crippen molar-refractivity contribution in [1.29, 1.82) is 0 Å². The molecule has 4 nitrogen and oxygen atoms in total. The highest BCUT2D eigenvalue weighted by molar-refractivity contribution is 9.28. The smallest absolute Gasteiger partial charge is 0.244 e. The highest BCUT2D eigenvalue weighted by Gasteiger charge is 2.04. The maximum absolute atomic E-state index is 11.5. The molecule has 0 heterocycles. The van der Waals surface area contributed by atoms with Gasteiger partial charge in [0.15, 0.2) is 0 Å². The van der Waals surface area contributed by atoms with E-state index in [4.69, 9.17) is 0 Å². The highest BCUT2D eigenvalue weighted by atomic mass is 79.9. The summed E-state index contributed by atoms with van der Waals surface area (Å²) in [7, 11) is 3.34. The molecule has 6 heteroatoms. The maximum atomic E-state index is 11.5. The van der Waals surface area contributed by atoms with Crippen molar-refractivity contribution in [2.75, 3.05) is 20.6 Å². The zero-order chi connectivity index (χ0) is 18.2. The van der Waals surface area contributed by atoms with E-state index in [0.29, 0.717) is 0 Å². The van der Waals surface area contributed by atoms with E-state index in [9.17, 15) is 9.59 Å². The number of hydrogen-bond donors (Lipinski definition) is 1. The normalized spacial score (nSPS) is 10.7. The van der Waals surface area contributed by atoms with Crippen LogP contribution < -0.4 is 5.32 Å². The predicted molar refractivity (Wildman–Crippen MR) is 108 cm³/mol. The summed E-state index contributed by atoms with van der Waals surface area (Å²) in [5, 5.41) is 2.58. The van der Waals surface area contributed by atoms with E-state index < -0.39 is 0 Å². The molecule has 0 saturated carbocycles. The van der Waals surface area contributed by atoms with Crippen molar-refractivity contribution < 1.29 is 9.59 Å². The predicted octanol–water partition coefficient (Wildman–Crippen LogP) is 4.89. The minimum atomic E-state index is -0.200. The number of hydrogen-bond acceptors (Lipinski definition) is 2. The average molecular weight is 466 g/mol. The SMILES string of the molecule is CN(C)C(=O)CNC(=O)/C=C/CCCCCCCCCC=C(Br)Br. The molecular formula is C18H30Br2N2O2. The van der Waals surface area contributed by atoms with Gasteiger partial charge in [-0.1, -0.05) is 44.3 Å². The standard InChI is InChI=1S/C18H30Br2N2O2/c1-22(2)18(24)15-21-17(23)14-12-10-8-6-4-3-5-7-9-11-13-16(19)20/h12-14H,3-11,15H2,1-2H3,(H,21,23)/b14-12+. The number of carbonyl (C=O) groups is 2. The molecule has 1 N–H and O–H groups in total. The van der Waals surface area contributed by atoms with Gasteiger partial charge in [-0.25, -0.2) is 0 Å². The quantitative estimate of drug-likeness (QED) is 0.311. The lowest BCUT2D eigenvalue weighted by Crippen LogP contribution is -2.35. The van der Waals surface area contributed by atoms with Gasteiger partial charge in [-0.05, 0) is 63.6 Å². The van der Waals surface area contributed by atoms with Gasteiger partial charge in [-0.15, -0.1) is 0 Å². The Morgan fingerprint density at radius 2 is 1.46 bits per heavy atom. The number of amides is 2. The first kappa shape index (κ1) is 23.4. The fraction of sp³-hybridized carbons (Fsp3) is 0.667. The van der Waals surface area contributed by atoms with Crippen LogP contribution in [0.2, 0.25) is 0 Å². The number of rotatable bonds is 13. The molecule has 0 aromatic rings.